The molecule has 0 radical (unpaired) electrons. The summed E-state index contributed by atoms with van der Waals surface area (Å²) in [6.07, 6.45) is 4.04. The summed E-state index contributed by atoms with van der Waals surface area (Å²) in [5, 5.41) is 23.1. The molecule has 5 aliphatic rings. The minimum absolute atomic E-state index is 0.0646. The van der Waals surface area contributed by atoms with E-state index in [1.54, 1.807) is 36.5 Å². The Bertz CT molecular complexity index is 1190. The minimum atomic E-state index is -2.23. The van der Waals surface area contributed by atoms with E-state index in [-0.39, 0.29) is 18.4 Å². The number of hydrogen-bond acceptors (Lipinski definition) is 7. The Kier molecular flexibility index (Phi) is 4.99. The fraction of sp³-hybridized carbons (Fsp3) is 0.593. The molecule has 9 heteroatoms. The predicted octanol–water partition coefficient (Wildman–Crippen LogP) is 2.68. The molecule has 9 atom stereocenters. The highest BCUT2D eigenvalue weighted by atomic mass is 19.1. The van der Waals surface area contributed by atoms with Crippen LogP contribution in [0.25, 0.3) is 0 Å². The van der Waals surface area contributed by atoms with Crippen molar-refractivity contribution in [3.8, 4) is 0 Å². The summed E-state index contributed by atoms with van der Waals surface area (Å²) in [6.45, 7) is 2.92. The van der Waals surface area contributed by atoms with Gasteiger partial charge in [0.15, 0.2) is 22.8 Å². The van der Waals surface area contributed by atoms with Gasteiger partial charge in [0.1, 0.15) is 12.8 Å². The molecule has 3 saturated carbocycles. The molecule has 0 unspecified atom stereocenters. The van der Waals surface area contributed by atoms with E-state index in [0.29, 0.717) is 18.7 Å². The second kappa shape index (κ2) is 7.52. The van der Waals surface area contributed by atoms with Crippen LogP contribution in [0.3, 0.4) is 0 Å². The normalized spacial score (nSPS) is 47.1. The van der Waals surface area contributed by atoms with Crippen molar-refractivity contribution in [2.75, 3.05) is 18.2 Å². The van der Waals surface area contributed by atoms with E-state index >= 15 is 8.78 Å². The number of alkyl halides is 2. The molecule has 1 aromatic heterocycles. The fourth-order valence-corrected chi connectivity index (χ4v) is 8.52. The monoisotopic (exact) mass is 500 g/mol. The van der Waals surface area contributed by atoms with E-state index in [1.807, 2.05) is 6.92 Å². The number of nitrogens with zero attached hydrogens (tertiary/aromatic N) is 2. The number of hydroxylamine groups is 1. The van der Waals surface area contributed by atoms with Crippen LogP contribution in [-0.2, 0) is 14.4 Å². The highest BCUT2D eigenvalue weighted by Gasteiger charge is 2.79. The van der Waals surface area contributed by atoms with Gasteiger partial charge in [0.25, 0.3) is 0 Å². The summed E-state index contributed by atoms with van der Waals surface area (Å²) in [4.78, 5) is 36.0. The summed E-state index contributed by atoms with van der Waals surface area (Å²) in [7, 11) is 0. The zero-order valence-electron chi connectivity index (χ0n) is 20.2. The van der Waals surface area contributed by atoms with Crippen LogP contribution in [-0.4, -0.2) is 63.5 Å². The first-order chi connectivity index (χ1) is 17.0. The molecule has 36 heavy (non-hydrogen) atoms. The Balaban J connectivity index is 1.46. The molecule has 6 rings (SSSR count). The molecular weight excluding hydrogens is 470 g/mol. The lowest BCUT2D eigenvalue weighted by molar-refractivity contribution is -0.228. The van der Waals surface area contributed by atoms with Gasteiger partial charge in [0.05, 0.1) is 24.5 Å². The van der Waals surface area contributed by atoms with Crippen LogP contribution in [0.1, 0.15) is 33.1 Å². The molecule has 2 heterocycles. The second-order valence-electron chi connectivity index (χ2n) is 11.5. The Morgan fingerprint density at radius 2 is 2.08 bits per heavy atom. The molecule has 192 valence electrons. The molecule has 4 fully saturated rings. The number of Topliss-reactive ketones (excluding diaryl/α,β-unsaturated/α-hetero) is 1. The third-order valence-corrected chi connectivity index (χ3v) is 10.1. The SMILES string of the molecule is C[C@]12C=CC(=O)C=C1[C@@H](F)C[C@H]1[C@@H]3C[C@H]4CN(c5cccnc5)O[C@@]4(C(=O)CO)[C@@]3(C)C[C@H](O)[C@@]12F. The number of allylic oxidation sites excluding steroid dienone is 4. The fourth-order valence-electron chi connectivity index (χ4n) is 8.52. The molecule has 7 nitrogen and oxygen atoms in total. The summed E-state index contributed by atoms with van der Waals surface area (Å²) in [6, 6.07) is 3.55. The standard InChI is InChI=1S/C27H30F2N2O5/c1-24-6-5-17(33)9-20(24)21(28)10-19-18-8-15-13-31(16-4-3-7-30-12-16)36-27(15,23(35)14-32)25(18,2)11-22(34)26(19,24)29/h3-7,9,12,15,18-19,21-22,32,34H,8,10-11,13-14H2,1-2H3/t15-,18-,19-,21-,22-,24-,25-,26-,27-/m0/s1. The van der Waals surface area contributed by atoms with Gasteiger partial charge in [-0.2, -0.15) is 0 Å². The number of rotatable bonds is 3. The number of aliphatic hydroxyl groups excluding tert-OH is 2. The van der Waals surface area contributed by atoms with Crippen LogP contribution in [0.4, 0.5) is 14.5 Å². The van der Waals surface area contributed by atoms with Crippen molar-refractivity contribution in [3.63, 3.8) is 0 Å². The average Bonchev–Trinajstić information content (AvgIpc) is 3.36. The maximum Gasteiger partial charge on any atom is 0.193 e. The van der Waals surface area contributed by atoms with Crippen molar-refractivity contribution in [3.05, 3.63) is 48.3 Å². The lowest BCUT2D eigenvalue weighted by Gasteiger charge is -2.63. The molecule has 0 bridgehead atoms. The van der Waals surface area contributed by atoms with Gasteiger partial charge >= 0.3 is 0 Å². The van der Waals surface area contributed by atoms with E-state index in [0.717, 1.165) is 6.08 Å². The largest absolute Gasteiger partial charge is 0.390 e. The van der Waals surface area contributed by atoms with Crippen molar-refractivity contribution < 1.29 is 33.4 Å². The first kappa shape index (κ1) is 23.9. The Morgan fingerprint density at radius 1 is 1.31 bits per heavy atom. The molecule has 1 aliphatic heterocycles. The number of pyridine rings is 1. The van der Waals surface area contributed by atoms with Gasteiger partial charge in [-0.25, -0.2) is 8.78 Å². The first-order valence-electron chi connectivity index (χ1n) is 12.5. The van der Waals surface area contributed by atoms with Gasteiger partial charge < -0.3 is 10.2 Å². The molecule has 0 aromatic carbocycles. The van der Waals surface area contributed by atoms with Crippen LogP contribution in [0.5, 0.6) is 0 Å². The lowest BCUT2D eigenvalue weighted by Crippen LogP contribution is -2.70. The quantitative estimate of drug-likeness (QED) is 0.658. The summed E-state index contributed by atoms with van der Waals surface area (Å²) < 4.78 is 33.0. The van der Waals surface area contributed by atoms with Gasteiger partial charge in [-0.05, 0) is 62.0 Å². The number of fused-ring (bicyclic) bond motifs is 7. The summed E-state index contributed by atoms with van der Waals surface area (Å²) in [5.74, 6) is -2.71. The molecule has 1 saturated heterocycles. The van der Waals surface area contributed by atoms with Gasteiger partial charge in [0, 0.05) is 28.9 Å². The van der Waals surface area contributed by atoms with E-state index in [2.05, 4.69) is 4.98 Å². The molecular formula is C27H30F2N2O5. The number of ketones is 2. The number of halogens is 2. The van der Waals surface area contributed by atoms with Crippen molar-refractivity contribution in [2.45, 2.75) is 56.7 Å². The molecule has 0 amide bonds. The highest BCUT2D eigenvalue weighted by Crippen LogP contribution is 2.72. The summed E-state index contributed by atoms with van der Waals surface area (Å²) >= 11 is 0. The number of aliphatic hydroxyl groups is 2. The zero-order valence-corrected chi connectivity index (χ0v) is 20.2. The minimum Gasteiger partial charge on any atom is -0.390 e. The number of carbonyl (C=O) groups excluding carboxylic acids is 2. The first-order valence-corrected chi connectivity index (χ1v) is 12.5. The third kappa shape index (κ3) is 2.63. The molecule has 0 spiro atoms. The van der Waals surface area contributed by atoms with Crippen LogP contribution in [0, 0.1) is 28.6 Å². The maximum atomic E-state index is 17.4. The van der Waals surface area contributed by atoms with E-state index < -0.39 is 70.3 Å². The van der Waals surface area contributed by atoms with E-state index in [1.165, 1.54) is 12.2 Å². The van der Waals surface area contributed by atoms with Crippen LogP contribution < -0.4 is 5.06 Å². The van der Waals surface area contributed by atoms with Crippen molar-refractivity contribution in [2.24, 2.45) is 28.6 Å². The Labute approximate surface area is 207 Å². The highest BCUT2D eigenvalue weighted by molar-refractivity contribution is 6.01. The smallest absolute Gasteiger partial charge is 0.193 e. The molecule has 1 aromatic rings. The maximum absolute atomic E-state index is 17.4. The summed E-state index contributed by atoms with van der Waals surface area (Å²) in [5.41, 5.74) is -5.55. The third-order valence-electron chi connectivity index (χ3n) is 10.1. The predicted molar refractivity (Wildman–Crippen MR) is 125 cm³/mol. The van der Waals surface area contributed by atoms with Gasteiger partial charge in [-0.3, -0.25) is 24.5 Å². The van der Waals surface area contributed by atoms with Gasteiger partial charge in [0.2, 0.25) is 0 Å². The van der Waals surface area contributed by atoms with Crippen LogP contribution in [0.15, 0.2) is 48.3 Å². The van der Waals surface area contributed by atoms with E-state index in [9.17, 15) is 19.8 Å². The lowest BCUT2D eigenvalue weighted by atomic mass is 9.44. The average molecular weight is 501 g/mol. The van der Waals surface area contributed by atoms with Gasteiger partial charge in [-0.15, -0.1) is 0 Å². The Hall–Kier alpha value is -2.49. The number of anilines is 1. The van der Waals surface area contributed by atoms with Crippen LogP contribution >= 0.6 is 0 Å². The van der Waals surface area contributed by atoms with Crippen molar-refractivity contribution >= 4 is 17.3 Å². The topological polar surface area (TPSA) is 100.0 Å². The number of aromatic nitrogens is 1. The second-order valence-corrected chi connectivity index (χ2v) is 11.5. The van der Waals surface area contributed by atoms with Crippen molar-refractivity contribution in [1.82, 2.24) is 4.98 Å². The molecule has 2 N–H and O–H groups in total. The Morgan fingerprint density at radius 3 is 2.78 bits per heavy atom. The molecule has 4 aliphatic carbocycles. The van der Waals surface area contributed by atoms with Crippen molar-refractivity contribution in [1.29, 1.82) is 0 Å². The van der Waals surface area contributed by atoms with Gasteiger partial charge in [-0.1, -0.05) is 13.0 Å². The number of hydrogen-bond donors (Lipinski definition) is 2. The number of carbonyl (C=O) groups is 2. The van der Waals surface area contributed by atoms with E-state index in [4.69, 9.17) is 4.84 Å². The zero-order chi connectivity index (χ0) is 25.7. The van der Waals surface area contributed by atoms with Crippen LogP contribution in [0.2, 0.25) is 0 Å².